The lowest BCUT2D eigenvalue weighted by Gasteiger charge is -2.21. The van der Waals surface area contributed by atoms with Crippen LogP contribution in [0.5, 0.6) is 0 Å². The highest BCUT2D eigenvalue weighted by molar-refractivity contribution is 5.95. The molecule has 2 amide bonds. The van der Waals surface area contributed by atoms with Gasteiger partial charge >= 0.3 is 0 Å². The minimum atomic E-state index is -0.602. The number of nitrogens with zero attached hydrogens (tertiary/aromatic N) is 1. The van der Waals surface area contributed by atoms with Crippen molar-refractivity contribution in [2.75, 3.05) is 6.54 Å². The quantitative estimate of drug-likeness (QED) is 0.600. The van der Waals surface area contributed by atoms with Crippen LogP contribution in [0, 0.1) is 5.92 Å². The van der Waals surface area contributed by atoms with E-state index in [1.807, 2.05) is 26.0 Å². The highest BCUT2D eigenvalue weighted by Gasteiger charge is 2.25. The molecular formula is C21H25N3O3. The van der Waals surface area contributed by atoms with E-state index < -0.39 is 6.04 Å². The minimum Gasteiger partial charge on any atom is -0.459 e. The van der Waals surface area contributed by atoms with E-state index in [4.69, 9.17) is 4.42 Å². The Bertz CT molecular complexity index is 896. The second-order valence-corrected chi connectivity index (χ2v) is 6.88. The number of rotatable bonds is 8. The van der Waals surface area contributed by atoms with E-state index in [0.717, 1.165) is 13.0 Å². The zero-order valence-corrected chi connectivity index (χ0v) is 15.6. The summed E-state index contributed by atoms with van der Waals surface area (Å²) in [4.78, 5) is 24.6. The van der Waals surface area contributed by atoms with Crippen LogP contribution >= 0.6 is 0 Å². The molecule has 0 spiro atoms. The van der Waals surface area contributed by atoms with E-state index in [1.54, 1.807) is 12.1 Å². The lowest BCUT2D eigenvalue weighted by Crippen LogP contribution is -2.49. The molecule has 0 aliphatic heterocycles. The zero-order chi connectivity index (χ0) is 19.2. The molecule has 6 nitrogen and oxygen atoms in total. The SMILES string of the molecule is CC(C)C(NC(=O)c1ccco1)C(=O)NCCCn1ccc2ccccc21. The lowest BCUT2D eigenvalue weighted by molar-refractivity contribution is -0.123. The van der Waals surface area contributed by atoms with E-state index in [1.165, 1.54) is 17.2 Å². The number of amides is 2. The molecule has 3 rings (SSSR count). The third kappa shape index (κ3) is 4.58. The van der Waals surface area contributed by atoms with Gasteiger partial charge in [0.05, 0.1) is 6.26 Å². The van der Waals surface area contributed by atoms with Gasteiger partial charge < -0.3 is 19.6 Å². The van der Waals surface area contributed by atoms with Crippen LogP contribution in [-0.4, -0.2) is 29.0 Å². The van der Waals surface area contributed by atoms with E-state index in [9.17, 15) is 9.59 Å². The van der Waals surface area contributed by atoms with E-state index >= 15 is 0 Å². The van der Waals surface area contributed by atoms with Crippen LogP contribution in [-0.2, 0) is 11.3 Å². The van der Waals surface area contributed by atoms with Crippen molar-refractivity contribution in [1.82, 2.24) is 15.2 Å². The summed E-state index contributed by atoms with van der Waals surface area (Å²) in [6, 6.07) is 12.9. The number of para-hydroxylation sites is 1. The van der Waals surface area contributed by atoms with Crippen molar-refractivity contribution in [1.29, 1.82) is 0 Å². The molecule has 6 heteroatoms. The van der Waals surface area contributed by atoms with Crippen molar-refractivity contribution in [2.24, 2.45) is 5.92 Å². The molecule has 0 saturated carbocycles. The van der Waals surface area contributed by atoms with Crippen molar-refractivity contribution in [3.8, 4) is 0 Å². The van der Waals surface area contributed by atoms with Crippen LogP contribution in [0.2, 0.25) is 0 Å². The molecule has 2 heterocycles. The van der Waals surface area contributed by atoms with Gasteiger partial charge in [0.25, 0.3) is 5.91 Å². The molecule has 2 N–H and O–H groups in total. The maximum Gasteiger partial charge on any atom is 0.287 e. The molecule has 1 unspecified atom stereocenters. The van der Waals surface area contributed by atoms with Gasteiger partial charge in [0.2, 0.25) is 5.91 Å². The predicted octanol–water partition coefficient (Wildman–Crippen LogP) is 3.20. The molecule has 1 atom stereocenters. The molecule has 0 saturated heterocycles. The molecule has 1 aromatic carbocycles. The maximum absolute atomic E-state index is 12.5. The number of hydrogen-bond acceptors (Lipinski definition) is 3. The Morgan fingerprint density at radius 1 is 1.11 bits per heavy atom. The smallest absolute Gasteiger partial charge is 0.287 e. The fourth-order valence-electron chi connectivity index (χ4n) is 3.06. The van der Waals surface area contributed by atoms with Crippen molar-refractivity contribution in [3.63, 3.8) is 0 Å². The molecule has 27 heavy (non-hydrogen) atoms. The first-order valence-corrected chi connectivity index (χ1v) is 9.22. The predicted molar refractivity (Wildman–Crippen MR) is 104 cm³/mol. The number of aromatic nitrogens is 1. The van der Waals surface area contributed by atoms with Gasteiger partial charge in [0.15, 0.2) is 5.76 Å². The molecule has 0 bridgehead atoms. The molecule has 0 aliphatic rings. The highest BCUT2D eigenvalue weighted by Crippen LogP contribution is 2.15. The number of aryl methyl sites for hydroxylation is 1. The summed E-state index contributed by atoms with van der Waals surface area (Å²) >= 11 is 0. The average molecular weight is 367 g/mol. The molecule has 0 aliphatic carbocycles. The molecule has 0 fully saturated rings. The Balaban J connectivity index is 1.50. The van der Waals surface area contributed by atoms with Crippen LogP contribution in [0.4, 0.5) is 0 Å². The third-order valence-corrected chi connectivity index (χ3v) is 4.54. The Morgan fingerprint density at radius 2 is 1.93 bits per heavy atom. The minimum absolute atomic E-state index is 0.0303. The normalized spacial score (nSPS) is 12.3. The lowest BCUT2D eigenvalue weighted by atomic mass is 10.0. The monoisotopic (exact) mass is 367 g/mol. The molecule has 3 aromatic rings. The van der Waals surface area contributed by atoms with E-state index in [2.05, 4.69) is 39.6 Å². The highest BCUT2D eigenvalue weighted by atomic mass is 16.3. The first kappa shape index (κ1) is 18.8. The first-order chi connectivity index (χ1) is 13.1. The largest absolute Gasteiger partial charge is 0.459 e. The van der Waals surface area contributed by atoms with Gasteiger partial charge in [-0.1, -0.05) is 32.0 Å². The van der Waals surface area contributed by atoms with Gasteiger partial charge in [0, 0.05) is 24.8 Å². The van der Waals surface area contributed by atoms with Gasteiger partial charge in [0.1, 0.15) is 6.04 Å². The van der Waals surface area contributed by atoms with E-state index in [-0.39, 0.29) is 23.5 Å². The summed E-state index contributed by atoms with van der Waals surface area (Å²) in [5, 5.41) is 6.89. The van der Waals surface area contributed by atoms with Crippen molar-refractivity contribution >= 4 is 22.7 Å². The van der Waals surface area contributed by atoms with Crippen LogP contribution in [0.25, 0.3) is 10.9 Å². The average Bonchev–Trinajstić information content (AvgIpc) is 3.33. The fourth-order valence-corrected chi connectivity index (χ4v) is 3.06. The van der Waals surface area contributed by atoms with Gasteiger partial charge in [-0.3, -0.25) is 9.59 Å². The Hall–Kier alpha value is -3.02. The van der Waals surface area contributed by atoms with Crippen molar-refractivity contribution in [3.05, 3.63) is 60.7 Å². The summed E-state index contributed by atoms with van der Waals surface area (Å²) in [6.45, 7) is 5.17. The third-order valence-electron chi connectivity index (χ3n) is 4.54. The van der Waals surface area contributed by atoms with Crippen LogP contribution < -0.4 is 10.6 Å². The summed E-state index contributed by atoms with van der Waals surface area (Å²) < 4.78 is 7.26. The van der Waals surface area contributed by atoms with Crippen LogP contribution in [0.1, 0.15) is 30.8 Å². The number of furan rings is 1. The van der Waals surface area contributed by atoms with Gasteiger partial charge in [-0.25, -0.2) is 0 Å². The van der Waals surface area contributed by atoms with Crippen molar-refractivity contribution in [2.45, 2.75) is 32.9 Å². The fraction of sp³-hybridized carbons (Fsp3) is 0.333. The summed E-state index contributed by atoms with van der Waals surface area (Å²) in [6.07, 6.45) is 4.30. The topological polar surface area (TPSA) is 76.3 Å². The molecule has 142 valence electrons. The second kappa shape index (κ2) is 8.58. The Kier molecular flexibility index (Phi) is 5.96. The summed E-state index contributed by atoms with van der Waals surface area (Å²) in [7, 11) is 0. The maximum atomic E-state index is 12.5. The van der Waals surface area contributed by atoms with Crippen LogP contribution in [0.3, 0.4) is 0 Å². The van der Waals surface area contributed by atoms with Gasteiger partial charge in [-0.05, 0) is 42.0 Å². The first-order valence-electron chi connectivity index (χ1n) is 9.22. The zero-order valence-electron chi connectivity index (χ0n) is 15.6. The summed E-state index contributed by atoms with van der Waals surface area (Å²) in [5.41, 5.74) is 1.19. The van der Waals surface area contributed by atoms with Crippen molar-refractivity contribution < 1.29 is 14.0 Å². The Morgan fingerprint density at radius 3 is 2.67 bits per heavy atom. The number of fused-ring (bicyclic) bond motifs is 1. The van der Waals surface area contributed by atoms with Gasteiger partial charge in [-0.15, -0.1) is 0 Å². The second-order valence-electron chi connectivity index (χ2n) is 6.88. The standard InChI is InChI=1S/C21H25N3O3/c1-15(2)19(23-20(25)18-9-5-14-27-18)21(26)22-11-6-12-24-13-10-16-7-3-4-8-17(16)24/h3-5,7-10,13-15,19H,6,11-12H2,1-2H3,(H,22,26)(H,23,25). The van der Waals surface area contributed by atoms with Gasteiger partial charge in [-0.2, -0.15) is 0 Å². The summed E-state index contributed by atoms with van der Waals surface area (Å²) in [5.74, 6) is -0.389. The number of nitrogens with one attached hydrogen (secondary N) is 2. The van der Waals surface area contributed by atoms with E-state index in [0.29, 0.717) is 6.54 Å². The molecule has 0 radical (unpaired) electrons. The number of hydrogen-bond donors (Lipinski definition) is 2. The number of carbonyl (C=O) groups excluding carboxylic acids is 2. The Labute approximate surface area is 158 Å². The van der Waals surface area contributed by atoms with Crippen LogP contribution in [0.15, 0.2) is 59.3 Å². The number of carbonyl (C=O) groups is 2. The number of benzene rings is 1. The molecule has 2 aromatic heterocycles. The molecular weight excluding hydrogens is 342 g/mol.